The van der Waals surface area contributed by atoms with Crippen LogP contribution < -0.4 is 10.1 Å². The number of nitrogens with one attached hydrogen (secondary N) is 1. The summed E-state index contributed by atoms with van der Waals surface area (Å²) in [5.41, 5.74) is 2.65. The summed E-state index contributed by atoms with van der Waals surface area (Å²) in [6, 6.07) is 13.6. The predicted molar refractivity (Wildman–Crippen MR) is 98.2 cm³/mol. The first-order valence-electron chi connectivity index (χ1n) is 8.22. The minimum absolute atomic E-state index is 0.267. The van der Waals surface area contributed by atoms with Crippen molar-refractivity contribution in [1.82, 2.24) is 9.78 Å². The van der Waals surface area contributed by atoms with Crippen molar-refractivity contribution in [3.63, 3.8) is 0 Å². The highest BCUT2D eigenvalue weighted by atomic mass is 19.1. The molecule has 0 aliphatic carbocycles. The standard InChI is InChI=1S/C20H20FN3O2/c1-13-11-19(23-24(13)12-15-7-4-5-9-17(15)21)22-20(25)16-8-6-10-18(26-3)14(16)2/h4-11H,12H2,1-3H3,(H,22,23,25). The molecule has 5 nitrogen and oxygen atoms in total. The Hall–Kier alpha value is -3.15. The van der Waals surface area contributed by atoms with Crippen molar-refractivity contribution in [2.24, 2.45) is 0 Å². The molecule has 3 rings (SSSR count). The first kappa shape index (κ1) is 17.7. The summed E-state index contributed by atoms with van der Waals surface area (Å²) in [6.07, 6.45) is 0. The van der Waals surface area contributed by atoms with Crippen molar-refractivity contribution < 1.29 is 13.9 Å². The molecule has 0 unspecified atom stereocenters. The molecule has 0 atom stereocenters. The summed E-state index contributed by atoms with van der Waals surface area (Å²) in [6.45, 7) is 3.99. The van der Waals surface area contributed by atoms with Gasteiger partial charge in [-0.05, 0) is 32.0 Å². The van der Waals surface area contributed by atoms with Gasteiger partial charge in [0.25, 0.3) is 5.91 Å². The molecule has 0 radical (unpaired) electrons. The molecular weight excluding hydrogens is 333 g/mol. The summed E-state index contributed by atoms with van der Waals surface area (Å²) in [5.74, 6) is 0.530. The van der Waals surface area contributed by atoms with E-state index < -0.39 is 0 Å². The number of methoxy groups -OCH3 is 1. The molecule has 0 aliphatic rings. The van der Waals surface area contributed by atoms with Gasteiger partial charge >= 0.3 is 0 Å². The van der Waals surface area contributed by atoms with Crippen LogP contribution in [0.4, 0.5) is 10.2 Å². The van der Waals surface area contributed by atoms with Crippen molar-refractivity contribution in [2.45, 2.75) is 20.4 Å². The smallest absolute Gasteiger partial charge is 0.257 e. The highest BCUT2D eigenvalue weighted by Crippen LogP contribution is 2.22. The second-order valence-corrected chi connectivity index (χ2v) is 6.01. The fourth-order valence-corrected chi connectivity index (χ4v) is 2.78. The quantitative estimate of drug-likeness (QED) is 0.756. The molecule has 1 N–H and O–H groups in total. The van der Waals surface area contributed by atoms with Crippen molar-refractivity contribution in [3.8, 4) is 5.75 Å². The van der Waals surface area contributed by atoms with E-state index in [4.69, 9.17) is 4.74 Å². The fourth-order valence-electron chi connectivity index (χ4n) is 2.78. The summed E-state index contributed by atoms with van der Waals surface area (Å²) in [4.78, 5) is 12.6. The van der Waals surface area contributed by atoms with Gasteiger partial charge < -0.3 is 10.1 Å². The van der Waals surface area contributed by atoms with Crippen molar-refractivity contribution in [2.75, 3.05) is 12.4 Å². The van der Waals surface area contributed by atoms with E-state index in [1.54, 1.807) is 54.3 Å². The fraction of sp³-hybridized carbons (Fsp3) is 0.200. The molecule has 6 heteroatoms. The molecule has 2 aromatic carbocycles. The van der Waals surface area contributed by atoms with E-state index in [2.05, 4.69) is 10.4 Å². The number of aryl methyl sites for hydroxylation is 1. The van der Waals surface area contributed by atoms with Gasteiger partial charge in [-0.1, -0.05) is 24.3 Å². The van der Waals surface area contributed by atoms with Gasteiger partial charge in [-0.15, -0.1) is 0 Å². The third-order valence-electron chi connectivity index (χ3n) is 4.25. The van der Waals surface area contributed by atoms with Crippen LogP contribution in [-0.2, 0) is 6.54 Å². The van der Waals surface area contributed by atoms with Gasteiger partial charge in [0.05, 0.1) is 13.7 Å². The van der Waals surface area contributed by atoms with Crippen molar-refractivity contribution >= 4 is 11.7 Å². The Morgan fingerprint density at radius 2 is 1.96 bits per heavy atom. The Bertz CT molecular complexity index is 950. The van der Waals surface area contributed by atoms with Gasteiger partial charge in [0.15, 0.2) is 5.82 Å². The third-order valence-corrected chi connectivity index (χ3v) is 4.25. The molecule has 1 heterocycles. The van der Waals surface area contributed by atoms with Crippen LogP contribution in [-0.4, -0.2) is 22.8 Å². The molecule has 134 valence electrons. The number of hydrogen-bond acceptors (Lipinski definition) is 3. The average Bonchev–Trinajstić information content (AvgIpc) is 2.96. The molecule has 26 heavy (non-hydrogen) atoms. The molecule has 1 amide bonds. The van der Waals surface area contributed by atoms with Gasteiger partial charge in [0.1, 0.15) is 11.6 Å². The lowest BCUT2D eigenvalue weighted by molar-refractivity contribution is 0.102. The van der Waals surface area contributed by atoms with Gasteiger partial charge in [-0.2, -0.15) is 5.10 Å². The normalized spacial score (nSPS) is 10.6. The lowest BCUT2D eigenvalue weighted by Crippen LogP contribution is -2.14. The molecule has 0 spiro atoms. The van der Waals surface area contributed by atoms with Gasteiger partial charge in [0.2, 0.25) is 0 Å². The van der Waals surface area contributed by atoms with E-state index in [0.717, 1.165) is 11.3 Å². The Morgan fingerprint density at radius 1 is 1.19 bits per heavy atom. The van der Waals surface area contributed by atoms with Crippen molar-refractivity contribution in [1.29, 1.82) is 0 Å². The molecular formula is C20H20FN3O2. The van der Waals surface area contributed by atoms with E-state index in [1.165, 1.54) is 6.07 Å². The molecule has 3 aromatic rings. The number of amides is 1. The Kier molecular flexibility index (Phi) is 5.02. The number of benzene rings is 2. The number of hydrogen-bond donors (Lipinski definition) is 1. The Morgan fingerprint density at radius 3 is 2.69 bits per heavy atom. The van der Waals surface area contributed by atoms with E-state index in [1.807, 2.05) is 13.8 Å². The van der Waals surface area contributed by atoms with Crippen LogP contribution in [0.3, 0.4) is 0 Å². The third kappa shape index (κ3) is 3.59. The largest absolute Gasteiger partial charge is 0.496 e. The monoisotopic (exact) mass is 353 g/mol. The van der Waals surface area contributed by atoms with Crippen LogP contribution in [0.25, 0.3) is 0 Å². The zero-order valence-corrected chi connectivity index (χ0v) is 14.9. The summed E-state index contributed by atoms with van der Waals surface area (Å²) in [7, 11) is 1.57. The number of halogens is 1. The zero-order valence-electron chi connectivity index (χ0n) is 14.9. The summed E-state index contributed by atoms with van der Waals surface area (Å²) < 4.78 is 20.7. The van der Waals surface area contributed by atoms with Crippen LogP contribution >= 0.6 is 0 Å². The van der Waals surface area contributed by atoms with E-state index in [0.29, 0.717) is 29.2 Å². The first-order valence-corrected chi connectivity index (χ1v) is 8.22. The first-order chi connectivity index (χ1) is 12.5. The molecule has 0 fully saturated rings. The molecule has 0 saturated heterocycles. The lowest BCUT2D eigenvalue weighted by Gasteiger charge is -2.09. The zero-order chi connectivity index (χ0) is 18.7. The summed E-state index contributed by atoms with van der Waals surface area (Å²) in [5, 5.41) is 7.16. The highest BCUT2D eigenvalue weighted by Gasteiger charge is 2.15. The van der Waals surface area contributed by atoms with Crippen molar-refractivity contribution in [3.05, 3.63) is 76.7 Å². The minimum Gasteiger partial charge on any atom is -0.496 e. The second-order valence-electron chi connectivity index (χ2n) is 6.01. The van der Waals surface area contributed by atoms with Gasteiger partial charge in [-0.3, -0.25) is 9.48 Å². The maximum atomic E-state index is 13.8. The van der Waals surface area contributed by atoms with E-state index >= 15 is 0 Å². The maximum absolute atomic E-state index is 13.8. The summed E-state index contributed by atoms with van der Waals surface area (Å²) >= 11 is 0. The number of aromatic nitrogens is 2. The molecule has 0 aliphatic heterocycles. The van der Waals surface area contributed by atoms with E-state index in [-0.39, 0.29) is 11.7 Å². The van der Waals surface area contributed by atoms with Crippen LogP contribution in [0.5, 0.6) is 5.75 Å². The number of carbonyl (C=O) groups excluding carboxylic acids is 1. The van der Waals surface area contributed by atoms with E-state index in [9.17, 15) is 9.18 Å². The number of nitrogens with zero attached hydrogens (tertiary/aromatic N) is 2. The number of anilines is 1. The molecule has 0 saturated carbocycles. The lowest BCUT2D eigenvalue weighted by atomic mass is 10.1. The SMILES string of the molecule is COc1cccc(C(=O)Nc2cc(C)n(Cc3ccccc3F)n2)c1C. The van der Waals surface area contributed by atoms with Gasteiger partial charge in [0, 0.05) is 28.5 Å². The molecule has 0 bridgehead atoms. The van der Waals surface area contributed by atoms with Gasteiger partial charge in [-0.25, -0.2) is 4.39 Å². The maximum Gasteiger partial charge on any atom is 0.257 e. The minimum atomic E-state index is -0.278. The number of ether oxygens (including phenoxy) is 1. The molecule has 1 aromatic heterocycles. The average molecular weight is 353 g/mol. The Balaban J connectivity index is 1.79. The van der Waals surface area contributed by atoms with Crippen LogP contribution in [0, 0.1) is 19.7 Å². The van der Waals surface area contributed by atoms with Crippen LogP contribution in [0.15, 0.2) is 48.5 Å². The Labute approximate surface area is 151 Å². The second kappa shape index (κ2) is 7.39. The predicted octanol–water partition coefficient (Wildman–Crippen LogP) is 3.95. The van der Waals surface area contributed by atoms with Crippen LogP contribution in [0.1, 0.15) is 27.2 Å². The number of rotatable bonds is 5. The van der Waals surface area contributed by atoms with Crippen LogP contribution in [0.2, 0.25) is 0 Å². The highest BCUT2D eigenvalue weighted by molar-refractivity contribution is 6.05. The number of carbonyl (C=O) groups is 1. The topological polar surface area (TPSA) is 56.1 Å².